The molecule has 1 aliphatic rings. The molecular formula is C22H24N4O2S. The number of carbonyl (C=O) groups excluding carboxylic acids is 2. The van der Waals surface area contributed by atoms with Crippen molar-refractivity contribution in [1.82, 2.24) is 14.9 Å². The van der Waals surface area contributed by atoms with Crippen LogP contribution in [-0.4, -0.2) is 40.2 Å². The third-order valence-electron chi connectivity index (χ3n) is 5.02. The van der Waals surface area contributed by atoms with Crippen LogP contribution in [0, 0.1) is 0 Å². The zero-order valence-corrected chi connectivity index (χ0v) is 17.0. The van der Waals surface area contributed by atoms with Crippen LogP contribution in [0.2, 0.25) is 0 Å². The molecule has 1 N–H and O–H groups in total. The molecule has 0 spiro atoms. The number of aryl methyl sites for hydroxylation is 1. The van der Waals surface area contributed by atoms with Gasteiger partial charge in [-0.15, -0.1) is 11.8 Å². The molecule has 1 aromatic heterocycles. The van der Waals surface area contributed by atoms with Crippen molar-refractivity contribution in [2.24, 2.45) is 0 Å². The van der Waals surface area contributed by atoms with Gasteiger partial charge in [0.1, 0.15) is 0 Å². The van der Waals surface area contributed by atoms with Gasteiger partial charge in [-0.25, -0.2) is 4.98 Å². The van der Waals surface area contributed by atoms with Crippen molar-refractivity contribution in [2.75, 3.05) is 23.7 Å². The Morgan fingerprint density at radius 1 is 1.07 bits per heavy atom. The van der Waals surface area contributed by atoms with Crippen molar-refractivity contribution in [3.63, 3.8) is 0 Å². The zero-order chi connectivity index (χ0) is 20.1. The summed E-state index contributed by atoms with van der Waals surface area (Å²) in [6.07, 6.45) is 3.10. The topological polar surface area (TPSA) is 67.2 Å². The lowest BCUT2D eigenvalue weighted by Crippen LogP contribution is -2.36. The Kier molecular flexibility index (Phi) is 6.14. The number of imidazole rings is 1. The fourth-order valence-corrected chi connectivity index (χ4v) is 4.53. The molecule has 0 bridgehead atoms. The molecule has 2 amide bonds. The molecule has 0 fully saturated rings. The van der Waals surface area contributed by atoms with E-state index in [1.54, 1.807) is 11.8 Å². The van der Waals surface area contributed by atoms with Crippen LogP contribution >= 0.6 is 11.8 Å². The Bertz CT molecular complexity index is 1020. The third-order valence-corrected chi connectivity index (χ3v) is 6.06. The van der Waals surface area contributed by atoms with E-state index in [0.29, 0.717) is 13.1 Å². The lowest BCUT2D eigenvalue weighted by atomic mass is 10.2. The van der Waals surface area contributed by atoms with Gasteiger partial charge in [-0.05, 0) is 30.7 Å². The van der Waals surface area contributed by atoms with Gasteiger partial charge in [0.2, 0.25) is 11.8 Å². The van der Waals surface area contributed by atoms with E-state index >= 15 is 0 Å². The molecule has 4 rings (SSSR count). The number of rotatable bonds is 7. The van der Waals surface area contributed by atoms with E-state index in [1.807, 2.05) is 59.8 Å². The number of thioether (sulfide) groups is 1. The highest BCUT2D eigenvalue weighted by Gasteiger charge is 2.22. The van der Waals surface area contributed by atoms with Crippen LogP contribution < -0.4 is 10.2 Å². The Labute approximate surface area is 174 Å². The standard InChI is InChI=1S/C22H24N4O2S/c27-21(23-12-5-13-25-16-24-17-6-1-2-7-18(17)25)10-11-22(28)26-14-15-29-20-9-4-3-8-19(20)26/h1-4,6-9,16H,5,10-15H2,(H,23,27). The average molecular weight is 409 g/mol. The molecule has 2 heterocycles. The molecule has 29 heavy (non-hydrogen) atoms. The van der Waals surface area contributed by atoms with E-state index in [0.717, 1.165) is 40.3 Å². The van der Waals surface area contributed by atoms with Crippen LogP contribution in [-0.2, 0) is 16.1 Å². The van der Waals surface area contributed by atoms with Crippen LogP contribution in [0.1, 0.15) is 19.3 Å². The van der Waals surface area contributed by atoms with E-state index in [1.165, 1.54) is 0 Å². The summed E-state index contributed by atoms with van der Waals surface area (Å²) in [6, 6.07) is 15.9. The van der Waals surface area contributed by atoms with E-state index in [9.17, 15) is 9.59 Å². The maximum Gasteiger partial charge on any atom is 0.227 e. The summed E-state index contributed by atoms with van der Waals surface area (Å²) in [5.41, 5.74) is 3.04. The molecule has 7 heteroatoms. The third kappa shape index (κ3) is 4.62. The maximum absolute atomic E-state index is 12.6. The number of fused-ring (bicyclic) bond motifs is 2. The van der Waals surface area contributed by atoms with Crippen molar-refractivity contribution < 1.29 is 9.59 Å². The quantitative estimate of drug-likeness (QED) is 0.608. The number of para-hydroxylation sites is 3. The van der Waals surface area contributed by atoms with Crippen LogP contribution in [0.4, 0.5) is 5.69 Å². The van der Waals surface area contributed by atoms with Crippen molar-refractivity contribution in [3.8, 4) is 0 Å². The smallest absolute Gasteiger partial charge is 0.227 e. The molecule has 0 unspecified atom stereocenters. The predicted octanol–water partition coefficient (Wildman–Crippen LogP) is 3.46. The number of amides is 2. The molecule has 150 valence electrons. The first-order chi connectivity index (χ1) is 14.2. The van der Waals surface area contributed by atoms with Crippen LogP contribution in [0.25, 0.3) is 11.0 Å². The Hall–Kier alpha value is -2.80. The molecule has 0 saturated heterocycles. The van der Waals surface area contributed by atoms with Gasteiger partial charge >= 0.3 is 0 Å². The second kappa shape index (κ2) is 9.13. The highest BCUT2D eigenvalue weighted by molar-refractivity contribution is 7.99. The number of anilines is 1. The number of carbonyl (C=O) groups is 2. The molecule has 1 aliphatic heterocycles. The summed E-state index contributed by atoms with van der Waals surface area (Å²) in [5, 5.41) is 2.92. The van der Waals surface area contributed by atoms with E-state index in [2.05, 4.69) is 14.9 Å². The molecule has 3 aromatic rings. The number of hydrogen-bond acceptors (Lipinski definition) is 4. The Balaban J connectivity index is 1.20. The summed E-state index contributed by atoms with van der Waals surface area (Å²) in [5.74, 6) is 0.823. The number of nitrogens with zero attached hydrogens (tertiary/aromatic N) is 3. The van der Waals surface area contributed by atoms with E-state index < -0.39 is 0 Å². The Morgan fingerprint density at radius 2 is 1.90 bits per heavy atom. The second-order valence-corrected chi connectivity index (χ2v) is 8.13. The van der Waals surface area contributed by atoms with Gasteiger partial charge in [0.15, 0.2) is 0 Å². The van der Waals surface area contributed by atoms with Gasteiger partial charge < -0.3 is 14.8 Å². The maximum atomic E-state index is 12.6. The van der Waals surface area contributed by atoms with Gasteiger partial charge in [-0.2, -0.15) is 0 Å². The summed E-state index contributed by atoms with van der Waals surface area (Å²) in [7, 11) is 0. The van der Waals surface area contributed by atoms with Crippen molar-refractivity contribution in [3.05, 3.63) is 54.9 Å². The summed E-state index contributed by atoms with van der Waals surface area (Å²) in [4.78, 5) is 32.1. The fourth-order valence-electron chi connectivity index (χ4n) is 3.54. The number of benzene rings is 2. The van der Waals surface area contributed by atoms with Gasteiger partial charge in [-0.1, -0.05) is 24.3 Å². The highest BCUT2D eigenvalue weighted by Crippen LogP contribution is 2.34. The summed E-state index contributed by atoms with van der Waals surface area (Å²) in [6.45, 7) is 2.08. The van der Waals surface area contributed by atoms with Gasteiger partial charge in [0, 0.05) is 43.1 Å². The average Bonchev–Trinajstić information content (AvgIpc) is 3.18. The van der Waals surface area contributed by atoms with Gasteiger partial charge in [0.25, 0.3) is 0 Å². The van der Waals surface area contributed by atoms with Crippen molar-refractivity contribution in [2.45, 2.75) is 30.7 Å². The van der Waals surface area contributed by atoms with Gasteiger partial charge in [0.05, 0.1) is 23.0 Å². The van der Waals surface area contributed by atoms with Crippen LogP contribution in [0.5, 0.6) is 0 Å². The van der Waals surface area contributed by atoms with Crippen molar-refractivity contribution in [1.29, 1.82) is 0 Å². The molecule has 0 saturated carbocycles. The minimum Gasteiger partial charge on any atom is -0.356 e. The largest absolute Gasteiger partial charge is 0.356 e. The summed E-state index contributed by atoms with van der Waals surface area (Å²) < 4.78 is 2.09. The number of nitrogens with one attached hydrogen (secondary N) is 1. The van der Waals surface area contributed by atoms with Crippen molar-refractivity contribution >= 4 is 40.3 Å². The number of aromatic nitrogens is 2. The molecule has 2 aromatic carbocycles. The summed E-state index contributed by atoms with van der Waals surface area (Å²) >= 11 is 1.77. The molecule has 6 nitrogen and oxygen atoms in total. The molecular weight excluding hydrogens is 384 g/mol. The monoisotopic (exact) mass is 408 g/mol. The normalized spacial score (nSPS) is 13.3. The second-order valence-electron chi connectivity index (χ2n) is 6.99. The molecule has 0 radical (unpaired) electrons. The Morgan fingerprint density at radius 3 is 2.83 bits per heavy atom. The molecule has 0 aliphatic carbocycles. The van der Waals surface area contributed by atoms with Gasteiger partial charge in [-0.3, -0.25) is 9.59 Å². The first kappa shape index (κ1) is 19.5. The van der Waals surface area contributed by atoms with E-state index in [-0.39, 0.29) is 24.7 Å². The minimum atomic E-state index is -0.0755. The first-order valence-electron chi connectivity index (χ1n) is 9.91. The highest BCUT2D eigenvalue weighted by atomic mass is 32.2. The van der Waals surface area contributed by atoms with E-state index in [4.69, 9.17) is 0 Å². The predicted molar refractivity (Wildman–Crippen MR) is 116 cm³/mol. The minimum absolute atomic E-state index is 0.0118. The fraction of sp³-hybridized carbons (Fsp3) is 0.318. The lowest BCUT2D eigenvalue weighted by molar-refractivity contribution is -0.125. The van der Waals surface area contributed by atoms with Crippen LogP contribution in [0.3, 0.4) is 0 Å². The lowest BCUT2D eigenvalue weighted by Gasteiger charge is -2.29. The molecule has 0 atom stereocenters. The first-order valence-corrected chi connectivity index (χ1v) is 10.9. The van der Waals surface area contributed by atoms with Crippen LogP contribution in [0.15, 0.2) is 59.8 Å². The zero-order valence-electron chi connectivity index (χ0n) is 16.2. The SMILES string of the molecule is O=C(CCC(=O)N1CCSc2ccccc21)NCCCn1cnc2ccccc21. The number of hydrogen-bond donors (Lipinski definition) is 1.